The van der Waals surface area contributed by atoms with Crippen LogP contribution in [0, 0.1) is 11.8 Å². The standard InChI is InChI=1S/C25H29FN6O3S/c1-5-18-20(7-6-11-28-22-9-8-17(36(4,33)34)13-24(22)35-3)30-32-23(18)14-27-15-25(32)29-21-10-12-31(2)16-19(21)26/h5,8-9,13-15,19,21,28-29H,1,10-12,16H2,2-4H3/t19-,21+/m0/s1. The van der Waals surface area contributed by atoms with Crippen LogP contribution in [0.1, 0.15) is 17.7 Å². The maximum Gasteiger partial charge on any atom is 0.175 e. The number of nitrogens with one attached hydrogen (secondary N) is 2. The minimum atomic E-state index is -3.34. The Morgan fingerprint density at radius 2 is 2.17 bits per heavy atom. The number of alkyl halides is 1. The Morgan fingerprint density at radius 1 is 1.36 bits per heavy atom. The van der Waals surface area contributed by atoms with E-state index in [1.807, 2.05) is 11.9 Å². The van der Waals surface area contributed by atoms with Gasteiger partial charge in [0.05, 0.1) is 48.2 Å². The normalized spacial score (nSPS) is 18.3. The SMILES string of the molecule is C=Cc1c(C#CCNc2ccc(S(C)(=O)=O)cc2OC)nn2c(N[C@@H]3CCN(C)C[C@@H]3F)cncc12. The number of anilines is 2. The molecule has 190 valence electrons. The van der Waals surface area contributed by atoms with Gasteiger partial charge in [-0.3, -0.25) is 4.98 Å². The second-order valence-corrected chi connectivity index (χ2v) is 10.7. The largest absolute Gasteiger partial charge is 0.495 e. The van der Waals surface area contributed by atoms with Gasteiger partial charge in [0.2, 0.25) is 0 Å². The van der Waals surface area contributed by atoms with Gasteiger partial charge in [0, 0.05) is 31.0 Å². The Kier molecular flexibility index (Phi) is 7.47. The van der Waals surface area contributed by atoms with Crippen molar-refractivity contribution in [1.82, 2.24) is 19.5 Å². The Bertz CT molecular complexity index is 1440. The van der Waals surface area contributed by atoms with E-state index in [0.717, 1.165) is 18.4 Å². The first-order valence-electron chi connectivity index (χ1n) is 11.4. The van der Waals surface area contributed by atoms with E-state index in [1.165, 1.54) is 19.2 Å². The minimum absolute atomic E-state index is 0.175. The lowest BCUT2D eigenvalue weighted by Crippen LogP contribution is -2.46. The van der Waals surface area contributed by atoms with Gasteiger partial charge in [-0.2, -0.15) is 5.10 Å². The highest BCUT2D eigenvalue weighted by molar-refractivity contribution is 7.90. The molecule has 1 aliphatic rings. The highest BCUT2D eigenvalue weighted by Gasteiger charge is 2.28. The molecule has 2 atom stereocenters. The van der Waals surface area contributed by atoms with Crippen molar-refractivity contribution < 1.29 is 17.5 Å². The molecule has 9 nitrogen and oxygen atoms in total. The maximum absolute atomic E-state index is 14.6. The second-order valence-electron chi connectivity index (χ2n) is 8.66. The van der Waals surface area contributed by atoms with Crippen LogP contribution in [0.25, 0.3) is 11.6 Å². The highest BCUT2D eigenvalue weighted by atomic mass is 32.2. The number of benzene rings is 1. The molecule has 36 heavy (non-hydrogen) atoms. The first-order chi connectivity index (χ1) is 17.2. The van der Waals surface area contributed by atoms with Gasteiger partial charge >= 0.3 is 0 Å². The number of fused-ring (bicyclic) bond motifs is 1. The second kappa shape index (κ2) is 10.6. The molecule has 2 N–H and O–H groups in total. The minimum Gasteiger partial charge on any atom is -0.495 e. The van der Waals surface area contributed by atoms with Gasteiger partial charge in [-0.1, -0.05) is 18.6 Å². The van der Waals surface area contributed by atoms with Crippen LogP contribution in [-0.4, -0.2) is 80.2 Å². The van der Waals surface area contributed by atoms with Crippen LogP contribution in [0.5, 0.6) is 5.75 Å². The third kappa shape index (κ3) is 5.45. The number of aromatic nitrogens is 3. The fourth-order valence-corrected chi connectivity index (χ4v) is 4.74. The highest BCUT2D eigenvalue weighted by Crippen LogP contribution is 2.27. The molecule has 1 aliphatic heterocycles. The van der Waals surface area contributed by atoms with E-state index in [-0.39, 0.29) is 17.5 Å². The summed E-state index contributed by atoms with van der Waals surface area (Å²) in [6, 6.07) is 4.30. The van der Waals surface area contributed by atoms with Crippen LogP contribution < -0.4 is 15.4 Å². The van der Waals surface area contributed by atoms with E-state index in [4.69, 9.17) is 4.74 Å². The smallest absolute Gasteiger partial charge is 0.175 e. The molecule has 0 unspecified atom stereocenters. The van der Waals surface area contributed by atoms with Crippen molar-refractivity contribution in [3.05, 3.63) is 48.4 Å². The molecule has 4 rings (SSSR count). The number of piperidine rings is 1. The van der Waals surface area contributed by atoms with Crippen LogP contribution in [0.2, 0.25) is 0 Å². The summed E-state index contributed by atoms with van der Waals surface area (Å²) in [4.78, 5) is 6.45. The van der Waals surface area contributed by atoms with Crippen molar-refractivity contribution >= 4 is 32.9 Å². The summed E-state index contributed by atoms with van der Waals surface area (Å²) in [5, 5.41) is 11.0. The molecule has 1 saturated heterocycles. The summed E-state index contributed by atoms with van der Waals surface area (Å²) in [7, 11) is 0.0445. The van der Waals surface area contributed by atoms with Crippen LogP contribution in [0.4, 0.5) is 15.9 Å². The molecule has 0 bridgehead atoms. The van der Waals surface area contributed by atoms with Crippen LogP contribution in [-0.2, 0) is 9.84 Å². The predicted molar refractivity (Wildman–Crippen MR) is 139 cm³/mol. The van der Waals surface area contributed by atoms with Crippen molar-refractivity contribution in [3.63, 3.8) is 0 Å². The summed E-state index contributed by atoms with van der Waals surface area (Å²) in [6.07, 6.45) is 5.80. The molecular weight excluding hydrogens is 483 g/mol. The molecule has 2 aromatic heterocycles. The van der Waals surface area contributed by atoms with Gasteiger partial charge in [0.25, 0.3) is 0 Å². The van der Waals surface area contributed by atoms with Crippen molar-refractivity contribution in [2.24, 2.45) is 0 Å². The van der Waals surface area contributed by atoms with Gasteiger partial charge < -0.3 is 20.3 Å². The number of sulfone groups is 1. The van der Waals surface area contributed by atoms with E-state index >= 15 is 0 Å². The van der Waals surface area contributed by atoms with Crippen molar-refractivity contribution in [2.75, 3.05) is 50.7 Å². The molecule has 11 heteroatoms. The topological polar surface area (TPSA) is 101 Å². The predicted octanol–water partition coefficient (Wildman–Crippen LogP) is 2.70. The van der Waals surface area contributed by atoms with Gasteiger partial charge in [-0.15, -0.1) is 0 Å². The van der Waals surface area contributed by atoms with Crippen LogP contribution in [0.15, 0.2) is 42.1 Å². The lowest BCUT2D eigenvalue weighted by molar-refractivity contribution is 0.149. The molecule has 0 radical (unpaired) electrons. The molecule has 3 heterocycles. The van der Waals surface area contributed by atoms with E-state index in [2.05, 4.69) is 39.1 Å². The number of hydrogen-bond acceptors (Lipinski definition) is 8. The number of halogens is 1. The van der Waals surface area contributed by atoms with Gasteiger partial charge in [0.1, 0.15) is 23.4 Å². The van der Waals surface area contributed by atoms with E-state index < -0.39 is 16.0 Å². The third-order valence-corrected chi connectivity index (χ3v) is 7.15. The molecular formula is C25H29FN6O3S. The molecule has 0 aliphatic carbocycles. The molecule has 1 fully saturated rings. The zero-order chi connectivity index (χ0) is 25.9. The quantitative estimate of drug-likeness (QED) is 0.466. The summed E-state index contributed by atoms with van der Waals surface area (Å²) >= 11 is 0. The zero-order valence-corrected chi connectivity index (χ0v) is 21.3. The van der Waals surface area contributed by atoms with Crippen LogP contribution in [0.3, 0.4) is 0 Å². The number of nitrogens with zero attached hydrogens (tertiary/aromatic N) is 4. The van der Waals surface area contributed by atoms with E-state index in [1.54, 1.807) is 29.1 Å². The van der Waals surface area contributed by atoms with Crippen molar-refractivity contribution in [2.45, 2.75) is 23.5 Å². The maximum atomic E-state index is 14.6. The first-order valence-corrected chi connectivity index (χ1v) is 13.3. The van der Waals surface area contributed by atoms with Crippen molar-refractivity contribution in [3.8, 4) is 17.6 Å². The van der Waals surface area contributed by atoms with E-state index in [9.17, 15) is 12.8 Å². The van der Waals surface area contributed by atoms with Gasteiger partial charge in [0.15, 0.2) is 9.84 Å². The Morgan fingerprint density at radius 3 is 2.86 bits per heavy atom. The fourth-order valence-electron chi connectivity index (χ4n) is 4.10. The summed E-state index contributed by atoms with van der Waals surface area (Å²) in [5.74, 6) is 7.08. The van der Waals surface area contributed by atoms with Gasteiger partial charge in [-0.25, -0.2) is 17.3 Å². The average Bonchev–Trinajstić information content (AvgIpc) is 3.21. The summed E-state index contributed by atoms with van der Waals surface area (Å²) in [5.41, 5.74) is 2.58. The number of rotatable bonds is 7. The zero-order valence-electron chi connectivity index (χ0n) is 20.5. The molecule has 0 amide bonds. The monoisotopic (exact) mass is 512 g/mol. The third-order valence-electron chi connectivity index (χ3n) is 6.04. The number of likely N-dealkylation sites (tertiary alicyclic amines) is 1. The molecule has 1 aromatic carbocycles. The molecule has 0 spiro atoms. The van der Waals surface area contributed by atoms with E-state index in [0.29, 0.717) is 41.4 Å². The van der Waals surface area contributed by atoms with Crippen molar-refractivity contribution in [1.29, 1.82) is 0 Å². The summed E-state index contributed by atoms with van der Waals surface area (Å²) < 4.78 is 45.1. The Hall–Kier alpha value is -3.62. The lowest BCUT2D eigenvalue weighted by Gasteiger charge is -2.33. The average molecular weight is 513 g/mol. The number of ether oxygens (including phenoxy) is 1. The molecule has 3 aromatic rings. The number of methoxy groups -OCH3 is 1. The number of hydrogen-bond donors (Lipinski definition) is 2. The molecule has 0 saturated carbocycles. The fraction of sp³-hybridized carbons (Fsp3) is 0.360. The Labute approximate surface area is 210 Å². The Balaban J connectivity index is 1.54. The first kappa shape index (κ1) is 25.5. The van der Waals surface area contributed by atoms with Crippen LogP contribution >= 0.6 is 0 Å². The summed E-state index contributed by atoms with van der Waals surface area (Å²) in [6.45, 7) is 5.34. The van der Waals surface area contributed by atoms with Gasteiger partial charge in [-0.05, 0) is 31.5 Å². The lowest BCUT2D eigenvalue weighted by atomic mass is 10.0.